The van der Waals surface area contributed by atoms with Crippen LogP contribution >= 0.6 is 0 Å². The van der Waals surface area contributed by atoms with Gasteiger partial charge in [0.2, 0.25) is 0 Å². The first-order chi connectivity index (χ1) is 9.33. The predicted molar refractivity (Wildman–Crippen MR) is 82.6 cm³/mol. The zero-order chi connectivity index (χ0) is 15.2. The molecule has 0 aliphatic rings. The van der Waals surface area contributed by atoms with Crippen LogP contribution in [0.25, 0.3) is 0 Å². The van der Waals surface area contributed by atoms with E-state index >= 15 is 0 Å². The summed E-state index contributed by atoms with van der Waals surface area (Å²) < 4.78 is 11.2. The molecule has 0 saturated carbocycles. The standard InChI is InChI=1S/C16H27NO3/c1-6-19-15-10-8-7-9-14(15)17(5)11-13(18)12-20-16(2,3)4/h7-10,13,18H,6,11-12H2,1-5H3. The first-order valence-electron chi connectivity index (χ1n) is 7.08. The minimum Gasteiger partial charge on any atom is -0.492 e. The number of hydrogen-bond acceptors (Lipinski definition) is 4. The Morgan fingerprint density at radius 3 is 2.50 bits per heavy atom. The maximum absolute atomic E-state index is 10.1. The Bertz CT molecular complexity index is 401. The van der Waals surface area contributed by atoms with E-state index in [1.54, 1.807) is 0 Å². The molecule has 0 radical (unpaired) electrons. The average molecular weight is 281 g/mol. The molecule has 0 heterocycles. The van der Waals surface area contributed by atoms with Gasteiger partial charge < -0.3 is 19.5 Å². The van der Waals surface area contributed by atoms with Crippen molar-refractivity contribution in [2.24, 2.45) is 0 Å². The van der Waals surface area contributed by atoms with Gasteiger partial charge >= 0.3 is 0 Å². The lowest BCUT2D eigenvalue weighted by Crippen LogP contribution is -2.35. The molecule has 0 aromatic heterocycles. The van der Waals surface area contributed by atoms with Crippen molar-refractivity contribution in [1.29, 1.82) is 0 Å². The lowest BCUT2D eigenvalue weighted by Gasteiger charge is -2.27. The van der Waals surface area contributed by atoms with Gasteiger partial charge in [-0.15, -0.1) is 0 Å². The van der Waals surface area contributed by atoms with Crippen LogP contribution in [-0.4, -0.2) is 43.6 Å². The first kappa shape index (κ1) is 16.8. The van der Waals surface area contributed by atoms with Crippen molar-refractivity contribution in [3.8, 4) is 5.75 Å². The van der Waals surface area contributed by atoms with Crippen LogP contribution in [0.1, 0.15) is 27.7 Å². The summed E-state index contributed by atoms with van der Waals surface area (Å²) >= 11 is 0. The molecule has 4 heteroatoms. The summed E-state index contributed by atoms with van der Waals surface area (Å²) in [6.45, 7) is 9.35. The second kappa shape index (κ2) is 7.50. The Kier molecular flexibility index (Phi) is 6.30. The monoisotopic (exact) mass is 281 g/mol. The lowest BCUT2D eigenvalue weighted by molar-refractivity contribution is -0.0461. The highest BCUT2D eigenvalue weighted by Crippen LogP contribution is 2.27. The van der Waals surface area contributed by atoms with Gasteiger partial charge in [-0.05, 0) is 39.8 Å². The van der Waals surface area contributed by atoms with Crippen molar-refractivity contribution in [2.45, 2.75) is 39.4 Å². The second-order valence-corrected chi connectivity index (χ2v) is 5.86. The summed E-state index contributed by atoms with van der Waals surface area (Å²) in [5.41, 5.74) is 0.743. The number of benzene rings is 1. The molecule has 0 aliphatic carbocycles. The van der Waals surface area contributed by atoms with E-state index in [1.165, 1.54) is 0 Å². The van der Waals surface area contributed by atoms with Crippen molar-refractivity contribution >= 4 is 5.69 Å². The normalized spacial score (nSPS) is 13.1. The summed E-state index contributed by atoms with van der Waals surface area (Å²) in [5.74, 6) is 0.835. The highest BCUT2D eigenvalue weighted by molar-refractivity contribution is 5.57. The summed E-state index contributed by atoms with van der Waals surface area (Å²) in [4.78, 5) is 1.99. The predicted octanol–water partition coefficient (Wildman–Crippen LogP) is 2.70. The van der Waals surface area contributed by atoms with Crippen LogP contribution in [0.2, 0.25) is 0 Å². The number of hydrogen-bond donors (Lipinski definition) is 1. The minimum atomic E-state index is -0.533. The Balaban J connectivity index is 2.59. The number of likely N-dealkylation sites (N-methyl/N-ethyl adjacent to an activating group) is 1. The van der Waals surface area contributed by atoms with Gasteiger partial charge in [0.1, 0.15) is 5.75 Å². The SMILES string of the molecule is CCOc1ccccc1N(C)CC(O)COC(C)(C)C. The van der Waals surface area contributed by atoms with Crippen LogP contribution < -0.4 is 9.64 Å². The van der Waals surface area contributed by atoms with E-state index in [0.29, 0.717) is 19.8 Å². The Labute approximate surface area is 122 Å². The Morgan fingerprint density at radius 1 is 1.25 bits per heavy atom. The molecule has 1 aromatic rings. The maximum Gasteiger partial charge on any atom is 0.142 e. The van der Waals surface area contributed by atoms with Crippen molar-refractivity contribution in [2.75, 3.05) is 31.7 Å². The molecule has 1 unspecified atom stereocenters. The van der Waals surface area contributed by atoms with Gasteiger partial charge in [0.25, 0.3) is 0 Å². The lowest BCUT2D eigenvalue weighted by atomic mass is 10.2. The third-order valence-electron chi connectivity index (χ3n) is 2.77. The molecule has 4 nitrogen and oxygen atoms in total. The quantitative estimate of drug-likeness (QED) is 0.834. The van der Waals surface area contributed by atoms with Gasteiger partial charge in [0.05, 0.1) is 30.6 Å². The zero-order valence-electron chi connectivity index (χ0n) is 13.2. The third kappa shape index (κ3) is 5.80. The highest BCUT2D eigenvalue weighted by atomic mass is 16.5. The van der Waals surface area contributed by atoms with Gasteiger partial charge in [-0.2, -0.15) is 0 Å². The van der Waals surface area contributed by atoms with Crippen LogP contribution in [0.4, 0.5) is 5.69 Å². The van der Waals surface area contributed by atoms with E-state index in [4.69, 9.17) is 9.47 Å². The van der Waals surface area contributed by atoms with Crippen LogP contribution in [0.3, 0.4) is 0 Å². The van der Waals surface area contributed by atoms with Crippen molar-refractivity contribution < 1.29 is 14.6 Å². The number of anilines is 1. The van der Waals surface area contributed by atoms with Crippen molar-refractivity contribution in [3.05, 3.63) is 24.3 Å². The molecule has 1 aromatic carbocycles. The smallest absolute Gasteiger partial charge is 0.142 e. The number of nitrogens with zero attached hydrogens (tertiary/aromatic N) is 1. The topological polar surface area (TPSA) is 41.9 Å². The number of aliphatic hydroxyl groups is 1. The Hall–Kier alpha value is -1.26. The fraction of sp³-hybridized carbons (Fsp3) is 0.625. The van der Waals surface area contributed by atoms with Crippen LogP contribution in [0.15, 0.2) is 24.3 Å². The molecule has 0 amide bonds. The molecule has 20 heavy (non-hydrogen) atoms. The number of aliphatic hydroxyl groups excluding tert-OH is 1. The van der Waals surface area contributed by atoms with E-state index < -0.39 is 6.10 Å². The molecule has 1 rings (SSSR count). The van der Waals surface area contributed by atoms with E-state index in [2.05, 4.69) is 0 Å². The van der Waals surface area contributed by atoms with Crippen LogP contribution in [0, 0.1) is 0 Å². The van der Waals surface area contributed by atoms with Gasteiger partial charge in [-0.1, -0.05) is 12.1 Å². The number of ether oxygens (including phenoxy) is 2. The summed E-state index contributed by atoms with van der Waals surface area (Å²) in [7, 11) is 1.94. The van der Waals surface area contributed by atoms with Crippen LogP contribution in [0.5, 0.6) is 5.75 Å². The fourth-order valence-corrected chi connectivity index (χ4v) is 1.86. The maximum atomic E-state index is 10.1. The van der Waals surface area contributed by atoms with E-state index in [-0.39, 0.29) is 5.60 Å². The Morgan fingerprint density at radius 2 is 1.90 bits per heavy atom. The molecule has 0 bridgehead atoms. The highest BCUT2D eigenvalue weighted by Gasteiger charge is 2.16. The van der Waals surface area contributed by atoms with Gasteiger partial charge in [0, 0.05) is 13.6 Å². The van der Waals surface area contributed by atoms with Crippen molar-refractivity contribution in [3.63, 3.8) is 0 Å². The first-order valence-corrected chi connectivity index (χ1v) is 7.08. The molecule has 1 N–H and O–H groups in total. The molecule has 0 fully saturated rings. The second-order valence-electron chi connectivity index (χ2n) is 5.86. The number of para-hydroxylation sites is 2. The van der Waals surface area contributed by atoms with E-state index in [0.717, 1.165) is 11.4 Å². The third-order valence-corrected chi connectivity index (χ3v) is 2.77. The molecular formula is C16H27NO3. The zero-order valence-corrected chi connectivity index (χ0v) is 13.2. The molecule has 0 spiro atoms. The summed E-state index contributed by atoms with van der Waals surface area (Å²) in [6, 6.07) is 7.84. The molecule has 114 valence electrons. The van der Waals surface area contributed by atoms with Gasteiger partial charge in [-0.3, -0.25) is 0 Å². The average Bonchev–Trinajstić information content (AvgIpc) is 2.36. The minimum absolute atomic E-state index is 0.233. The molecular weight excluding hydrogens is 254 g/mol. The summed E-state index contributed by atoms with van der Waals surface area (Å²) in [6.07, 6.45) is -0.533. The van der Waals surface area contributed by atoms with E-state index in [9.17, 15) is 5.11 Å². The fourth-order valence-electron chi connectivity index (χ4n) is 1.86. The van der Waals surface area contributed by atoms with Gasteiger partial charge in [0.15, 0.2) is 0 Å². The molecule has 1 atom stereocenters. The largest absolute Gasteiger partial charge is 0.492 e. The van der Waals surface area contributed by atoms with Crippen LogP contribution in [-0.2, 0) is 4.74 Å². The number of rotatable bonds is 7. The molecule has 0 saturated heterocycles. The van der Waals surface area contributed by atoms with Crippen molar-refractivity contribution in [1.82, 2.24) is 0 Å². The summed E-state index contributed by atoms with van der Waals surface area (Å²) in [5, 5.41) is 10.1. The van der Waals surface area contributed by atoms with Gasteiger partial charge in [-0.25, -0.2) is 0 Å². The molecule has 0 aliphatic heterocycles. The van der Waals surface area contributed by atoms with E-state index in [1.807, 2.05) is 63.9 Å².